The topological polar surface area (TPSA) is 72.4 Å². The zero-order chi connectivity index (χ0) is 26.9. The van der Waals surface area contributed by atoms with Gasteiger partial charge >= 0.3 is 0 Å². The third-order valence-electron chi connectivity index (χ3n) is 6.90. The monoisotopic (exact) mass is 517 g/mol. The number of hydrogen-bond acceptors (Lipinski definition) is 7. The molecular weight excluding hydrogens is 483 g/mol. The van der Waals surface area contributed by atoms with E-state index >= 15 is 4.39 Å². The van der Waals surface area contributed by atoms with Gasteiger partial charge in [0, 0.05) is 43.7 Å². The van der Waals surface area contributed by atoms with Crippen LogP contribution in [0.5, 0.6) is 5.88 Å². The molecule has 0 aliphatic carbocycles. The zero-order valence-electron chi connectivity index (χ0n) is 22.1. The molecule has 1 aliphatic heterocycles. The lowest BCUT2D eigenvalue weighted by Crippen LogP contribution is -2.28. The van der Waals surface area contributed by atoms with Crippen molar-refractivity contribution in [3.63, 3.8) is 0 Å². The molecule has 1 fully saturated rings. The molecule has 0 amide bonds. The Hall–Kier alpha value is -2.98. The van der Waals surface area contributed by atoms with Gasteiger partial charge in [0.05, 0.1) is 24.1 Å². The molecule has 37 heavy (non-hydrogen) atoms. The summed E-state index contributed by atoms with van der Waals surface area (Å²) in [6, 6.07) is 5.78. The van der Waals surface area contributed by atoms with Gasteiger partial charge < -0.3 is 19.7 Å². The van der Waals surface area contributed by atoms with E-state index in [4.69, 9.17) is 14.5 Å². The number of ether oxygens (including phenoxy) is 2. The first kappa shape index (κ1) is 27.1. The van der Waals surface area contributed by atoms with E-state index < -0.39 is 23.3 Å². The minimum atomic E-state index is -3.30. The molecule has 200 valence electrons. The molecule has 0 saturated carbocycles. The van der Waals surface area contributed by atoms with Crippen LogP contribution in [0.2, 0.25) is 0 Å². The van der Waals surface area contributed by atoms with Gasteiger partial charge in [0.15, 0.2) is 11.5 Å². The van der Waals surface area contributed by atoms with Crippen LogP contribution in [0.4, 0.5) is 19.0 Å². The van der Waals surface area contributed by atoms with Gasteiger partial charge in [0.2, 0.25) is 5.88 Å². The fraction of sp³-hybridized carbons (Fsp3) is 0.519. The van der Waals surface area contributed by atoms with Gasteiger partial charge in [-0.15, -0.1) is 0 Å². The Kier molecular flexibility index (Phi) is 7.89. The fourth-order valence-electron chi connectivity index (χ4n) is 4.87. The van der Waals surface area contributed by atoms with Crippen LogP contribution in [0.25, 0.3) is 11.0 Å². The Bertz CT molecular complexity index is 1270. The first-order chi connectivity index (χ1) is 17.5. The number of methoxy groups -OCH3 is 2. The number of rotatable bonds is 9. The number of aromatic nitrogens is 3. The highest BCUT2D eigenvalue weighted by Gasteiger charge is 2.31. The van der Waals surface area contributed by atoms with Crippen LogP contribution in [-0.4, -0.2) is 53.2 Å². The van der Waals surface area contributed by atoms with Crippen molar-refractivity contribution in [1.29, 1.82) is 0 Å². The average molecular weight is 518 g/mol. The number of fused-ring (bicyclic) bond motifs is 1. The summed E-state index contributed by atoms with van der Waals surface area (Å²) in [5.74, 6) is -2.70. The Morgan fingerprint density at radius 3 is 2.54 bits per heavy atom. The van der Waals surface area contributed by atoms with E-state index in [1.807, 2.05) is 6.07 Å². The Morgan fingerprint density at radius 1 is 1.16 bits per heavy atom. The predicted molar refractivity (Wildman–Crippen MR) is 137 cm³/mol. The molecule has 10 heteroatoms. The van der Waals surface area contributed by atoms with Crippen LogP contribution in [0.1, 0.15) is 68.6 Å². The maximum atomic E-state index is 15.1. The van der Waals surface area contributed by atoms with Gasteiger partial charge in [0.25, 0.3) is 5.92 Å². The number of nitrogens with zero attached hydrogens (tertiary/aromatic N) is 4. The Morgan fingerprint density at radius 2 is 1.92 bits per heavy atom. The van der Waals surface area contributed by atoms with Gasteiger partial charge in [0.1, 0.15) is 18.2 Å². The largest absolute Gasteiger partial charge is 0.481 e. The van der Waals surface area contributed by atoms with E-state index in [0.29, 0.717) is 41.5 Å². The molecule has 1 aliphatic rings. The maximum Gasteiger partial charge on any atom is 0.273 e. The second-order valence-corrected chi connectivity index (χ2v) is 9.92. The van der Waals surface area contributed by atoms with Crippen LogP contribution in [0.15, 0.2) is 24.3 Å². The minimum Gasteiger partial charge on any atom is -0.481 e. The summed E-state index contributed by atoms with van der Waals surface area (Å²) in [5.41, 5.74) is 0.834. The molecule has 1 saturated heterocycles. The minimum absolute atomic E-state index is 0.115. The summed E-state index contributed by atoms with van der Waals surface area (Å²) in [5, 5.41) is 3.86. The smallest absolute Gasteiger partial charge is 0.273 e. The maximum absolute atomic E-state index is 15.1. The summed E-state index contributed by atoms with van der Waals surface area (Å²) in [6.45, 7) is 8.74. The quantitative estimate of drug-likeness (QED) is 0.385. The van der Waals surface area contributed by atoms with Crippen LogP contribution < -0.4 is 10.1 Å². The van der Waals surface area contributed by atoms with Crippen LogP contribution >= 0.6 is 0 Å². The molecule has 4 rings (SSSR count). The van der Waals surface area contributed by atoms with Gasteiger partial charge in [-0.2, -0.15) is 4.98 Å². The number of alkyl halides is 2. The number of pyridine rings is 1. The molecule has 1 aromatic carbocycles. The molecule has 3 aromatic rings. The van der Waals surface area contributed by atoms with E-state index in [1.165, 1.54) is 19.2 Å². The van der Waals surface area contributed by atoms with Crippen LogP contribution in [0.3, 0.4) is 0 Å². The highest BCUT2D eigenvalue weighted by molar-refractivity contribution is 5.88. The van der Waals surface area contributed by atoms with Crippen molar-refractivity contribution in [3.05, 3.63) is 52.6 Å². The normalized spacial score (nSPS) is 17.5. The standard InChI is InChI=1S/C27H34F3N5O2/c1-15(2)35-11-10-17(13-35)19-12-20-24(32-22(14-36-5)33-25(20)34-26(19)37-6)31-16(3)18-8-7-9-21(23(18)28)27(4,29)30/h7-9,12,15-17H,10-11,13-14H2,1-6H3,(H,31,32,33,34)/t16-,17?/m1/s1. The fourth-order valence-corrected chi connectivity index (χ4v) is 4.87. The molecule has 3 heterocycles. The first-order valence-corrected chi connectivity index (χ1v) is 12.4. The molecule has 1 unspecified atom stereocenters. The van der Waals surface area contributed by atoms with E-state index in [-0.39, 0.29) is 18.1 Å². The number of benzene rings is 1. The highest BCUT2D eigenvalue weighted by Crippen LogP contribution is 2.38. The summed E-state index contributed by atoms with van der Waals surface area (Å²) < 4.78 is 53.9. The molecule has 0 radical (unpaired) electrons. The molecular formula is C27H34F3N5O2. The van der Waals surface area contributed by atoms with Crippen molar-refractivity contribution >= 4 is 16.9 Å². The SMILES string of the molecule is COCc1nc(N[C@H](C)c2cccc(C(C)(F)F)c2F)c2cc(C3CCN(C(C)C)C3)c(OC)nc2n1. The predicted octanol–water partition coefficient (Wildman–Crippen LogP) is 5.80. The molecule has 7 nitrogen and oxygen atoms in total. The summed E-state index contributed by atoms with van der Waals surface area (Å²) in [6.07, 6.45) is 0.965. The van der Waals surface area contributed by atoms with E-state index in [0.717, 1.165) is 31.1 Å². The third kappa shape index (κ3) is 5.65. The van der Waals surface area contributed by atoms with Gasteiger partial charge in [-0.05, 0) is 39.8 Å². The van der Waals surface area contributed by atoms with Crippen molar-refractivity contribution in [2.24, 2.45) is 0 Å². The molecule has 0 spiro atoms. The van der Waals surface area contributed by atoms with Crippen molar-refractivity contribution < 1.29 is 22.6 Å². The molecule has 2 atom stereocenters. The third-order valence-corrected chi connectivity index (χ3v) is 6.90. The molecule has 2 aromatic heterocycles. The number of anilines is 1. The Balaban J connectivity index is 1.78. The summed E-state index contributed by atoms with van der Waals surface area (Å²) in [7, 11) is 3.12. The number of halogens is 3. The van der Waals surface area contributed by atoms with E-state index in [9.17, 15) is 8.78 Å². The van der Waals surface area contributed by atoms with Crippen molar-refractivity contribution in [2.75, 3.05) is 32.6 Å². The van der Waals surface area contributed by atoms with Gasteiger partial charge in [-0.3, -0.25) is 0 Å². The lowest BCUT2D eigenvalue weighted by molar-refractivity contribution is 0.0136. The van der Waals surface area contributed by atoms with Crippen LogP contribution in [0, 0.1) is 5.82 Å². The number of nitrogens with one attached hydrogen (secondary N) is 1. The average Bonchev–Trinajstić information content (AvgIpc) is 3.33. The molecule has 0 bridgehead atoms. The number of hydrogen-bond donors (Lipinski definition) is 1. The zero-order valence-corrected chi connectivity index (χ0v) is 22.1. The summed E-state index contributed by atoms with van der Waals surface area (Å²) >= 11 is 0. The van der Waals surface area contributed by atoms with Gasteiger partial charge in [-0.25, -0.2) is 23.1 Å². The van der Waals surface area contributed by atoms with Crippen molar-refractivity contribution in [3.8, 4) is 5.88 Å². The summed E-state index contributed by atoms with van der Waals surface area (Å²) in [4.78, 5) is 16.3. The molecule has 1 N–H and O–H groups in total. The van der Waals surface area contributed by atoms with Gasteiger partial charge in [-0.1, -0.05) is 18.2 Å². The second kappa shape index (κ2) is 10.8. The second-order valence-electron chi connectivity index (χ2n) is 9.92. The van der Waals surface area contributed by atoms with Crippen molar-refractivity contribution in [1.82, 2.24) is 19.9 Å². The Labute approximate surface area is 215 Å². The van der Waals surface area contributed by atoms with E-state index in [1.54, 1.807) is 14.0 Å². The van der Waals surface area contributed by atoms with Crippen molar-refractivity contribution in [2.45, 2.75) is 64.6 Å². The lowest BCUT2D eigenvalue weighted by Gasteiger charge is -2.22. The number of likely N-dealkylation sites (tertiary alicyclic amines) is 1. The lowest BCUT2D eigenvalue weighted by atomic mass is 9.98. The highest BCUT2D eigenvalue weighted by atomic mass is 19.3. The van der Waals surface area contributed by atoms with E-state index in [2.05, 4.69) is 34.0 Å². The van der Waals surface area contributed by atoms with Crippen LogP contribution in [-0.2, 0) is 17.3 Å². The first-order valence-electron chi connectivity index (χ1n) is 12.4.